The second-order valence-corrected chi connectivity index (χ2v) is 4.78. The van der Waals surface area contributed by atoms with Gasteiger partial charge in [-0.15, -0.1) is 0 Å². The van der Waals surface area contributed by atoms with E-state index in [9.17, 15) is 14.0 Å². The molecule has 0 radical (unpaired) electrons. The van der Waals surface area contributed by atoms with E-state index in [2.05, 4.69) is 4.98 Å². The van der Waals surface area contributed by atoms with Gasteiger partial charge in [0.2, 0.25) is 0 Å². The summed E-state index contributed by atoms with van der Waals surface area (Å²) in [6, 6.07) is 2.32. The molecule has 0 N–H and O–H groups in total. The SMILES string of the molecule is O=C1C(=O)N(CCn2ccnc2)c2cc(F)c(Cl)cc21. The minimum atomic E-state index is -0.665. The maximum Gasteiger partial charge on any atom is 0.299 e. The fourth-order valence-electron chi connectivity index (χ4n) is 2.15. The van der Waals surface area contributed by atoms with Crippen molar-refractivity contribution in [2.24, 2.45) is 0 Å². The summed E-state index contributed by atoms with van der Waals surface area (Å²) >= 11 is 5.64. The average molecular weight is 294 g/mol. The zero-order valence-corrected chi connectivity index (χ0v) is 11.0. The van der Waals surface area contributed by atoms with Crippen molar-refractivity contribution in [3.63, 3.8) is 0 Å². The normalized spacial score (nSPS) is 14.0. The Hall–Kier alpha value is -2.21. The minimum Gasteiger partial charge on any atom is -0.336 e. The molecule has 1 aliphatic heterocycles. The maximum absolute atomic E-state index is 13.5. The van der Waals surface area contributed by atoms with Crippen molar-refractivity contribution in [3.05, 3.63) is 47.3 Å². The van der Waals surface area contributed by atoms with Gasteiger partial charge in [0.1, 0.15) is 5.82 Å². The van der Waals surface area contributed by atoms with Crippen molar-refractivity contribution in [2.75, 3.05) is 11.4 Å². The number of amides is 1. The van der Waals surface area contributed by atoms with E-state index >= 15 is 0 Å². The number of halogens is 2. The van der Waals surface area contributed by atoms with Crippen LogP contribution >= 0.6 is 11.6 Å². The van der Waals surface area contributed by atoms with Crippen molar-refractivity contribution in [1.29, 1.82) is 0 Å². The highest BCUT2D eigenvalue weighted by molar-refractivity contribution is 6.52. The van der Waals surface area contributed by atoms with Crippen molar-refractivity contribution in [3.8, 4) is 0 Å². The standard InChI is InChI=1S/C13H9ClFN3O2/c14-9-5-8-11(6-10(9)15)18(13(20)12(8)19)4-3-17-2-1-16-7-17/h1-2,5-7H,3-4H2. The van der Waals surface area contributed by atoms with Crippen molar-refractivity contribution in [2.45, 2.75) is 6.54 Å². The third-order valence-electron chi connectivity index (χ3n) is 3.15. The van der Waals surface area contributed by atoms with Crippen LogP contribution < -0.4 is 4.90 Å². The predicted molar refractivity (Wildman–Crippen MR) is 70.3 cm³/mol. The van der Waals surface area contributed by atoms with E-state index < -0.39 is 17.5 Å². The van der Waals surface area contributed by atoms with Gasteiger partial charge in [-0.2, -0.15) is 0 Å². The first-order chi connectivity index (χ1) is 9.58. The number of nitrogens with zero attached hydrogens (tertiary/aromatic N) is 3. The number of rotatable bonds is 3. The van der Waals surface area contributed by atoms with Crippen LogP contribution in [0.25, 0.3) is 0 Å². The first-order valence-electron chi connectivity index (χ1n) is 5.89. The highest BCUT2D eigenvalue weighted by Crippen LogP contribution is 2.32. The first kappa shape index (κ1) is 12.8. The summed E-state index contributed by atoms with van der Waals surface area (Å²) in [6.07, 6.45) is 4.96. The van der Waals surface area contributed by atoms with E-state index in [1.54, 1.807) is 23.3 Å². The van der Waals surface area contributed by atoms with E-state index in [-0.39, 0.29) is 22.8 Å². The Bertz CT molecular complexity index is 700. The molecular weight excluding hydrogens is 285 g/mol. The summed E-state index contributed by atoms with van der Waals surface area (Å²) < 4.78 is 15.3. The number of carbonyl (C=O) groups excluding carboxylic acids is 2. The molecule has 7 heteroatoms. The van der Waals surface area contributed by atoms with Gasteiger partial charge in [-0.25, -0.2) is 9.37 Å². The molecule has 0 bridgehead atoms. The Morgan fingerprint density at radius 1 is 1.25 bits per heavy atom. The zero-order valence-electron chi connectivity index (χ0n) is 10.2. The lowest BCUT2D eigenvalue weighted by molar-refractivity contribution is -0.114. The summed E-state index contributed by atoms with van der Waals surface area (Å²) in [5.41, 5.74) is 0.411. The Balaban J connectivity index is 1.91. The minimum absolute atomic E-state index is 0.145. The molecule has 5 nitrogen and oxygen atoms in total. The van der Waals surface area contributed by atoms with Gasteiger partial charge in [0, 0.05) is 25.5 Å². The number of ketones is 1. The molecule has 0 fully saturated rings. The molecule has 20 heavy (non-hydrogen) atoms. The molecule has 2 aromatic rings. The molecule has 0 saturated heterocycles. The third kappa shape index (κ3) is 1.98. The Labute approximate surface area is 118 Å². The van der Waals surface area contributed by atoms with Crippen molar-refractivity contribution >= 4 is 29.0 Å². The van der Waals surface area contributed by atoms with Gasteiger partial charge in [-0.3, -0.25) is 9.59 Å². The fourth-order valence-corrected chi connectivity index (χ4v) is 2.31. The smallest absolute Gasteiger partial charge is 0.299 e. The molecule has 0 unspecified atom stereocenters. The molecule has 0 spiro atoms. The molecule has 1 aromatic carbocycles. The molecule has 102 valence electrons. The van der Waals surface area contributed by atoms with E-state index in [1.165, 1.54) is 11.0 Å². The van der Waals surface area contributed by atoms with Crippen LogP contribution in [0.1, 0.15) is 10.4 Å². The van der Waals surface area contributed by atoms with Gasteiger partial charge in [0.25, 0.3) is 11.7 Å². The second kappa shape index (κ2) is 4.72. The second-order valence-electron chi connectivity index (χ2n) is 4.37. The van der Waals surface area contributed by atoms with E-state index in [0.717, 1.165) is 6.07 Å². The summed E-state index contributed by atoms with van der Waals surface area (Å²) in [5.74, 6) is -1.98. The lowest BCUT2D eigenvalue weighted by Gasteiger charge is -2.16. The molecule has 2 heterocycles. The summed E-state index contributed by atoms with van der Waals surface area (Å²) in [5, 5.41) is -0.165. The third-order valence-corrected chi connectivity index (χ3v) is 3.44. The van der Waals surface area contributed by atoms with E-state index in [1.807, 2.05) is 0 Å². The number of fused-ring (bicyclic) bond motifs is 1. The molecule has 0 atom stereocenters. The Morgan fingerprint density at radius 2 is 2.05 bits per heavy atom. The van der Waals surface area contributed by atoms with Crippen LogP contribution in [0.3, 0.4) is 0 Å². The average Bonchev–Trinajstić information content (AvgIpc) is 3.00. The quantitative estimate of drug-likeness (QED) is 0.812. The number of hydrogen-bond acceptors (Lipinski definition) is 3. The maximum atomic E-state index is 13.5. The zero-order chi connectivity index (χ0) is 14.3. The largest absolute Gasteiger partial charge is 0.336 e. The molecule has 1 amide bonds. The first-order valence-corrected chi connectivity index (χ1v) is 6.26. The number of imidazole rings is 1. The molecule has 1 aliphatic rings. The van der Waals surface area contributed by atoms with Crippen LogP contribution in [0.2, 0.25) is 5.02 Å². The number of anilines is 1. The Kier molecular flexibility index (Phi) is 3.02. The highest BCUT2D eigenvalue weighted by atomic mass is 35.5. The topological polar surface area (TPSA) is 55.2 Å². The Morgan fingerprint density at radius 3 is 2.75 bits per heavy atom. The summed E-state index contributed by atoms with van der Waals surface area (Å²) in [4.78, 5) is 28.9. The van der Waals surface area contributed by atoms with Crippen LogP contribution in [0.4, 0.5) is 10.1 Å². The molecule has 1 aromatic heterocycles. The predicted octanol–water partition coefficient (Wildman–Crippen LogP) is 1.91. The van der Waals surface area contributed by atoms with E-state index in [0.29, 0.717) is 6.54 Å². The molecular formula is C13H9ClFN3O2. The number of carbonyl (C=O) groups is 2. The van der Waals surface area contributed by atoms with Gasteiger partial charge in [0.15, 0.2) is 0 Å². The number of aromatic nitrogens is 2. The van der Waals surface area contributed by atoms with Gasteiger partial charge in [-0.05, 0) is 12.1 Å². The van der Waals surface area contributed by atoms with Crippen LogP contribution in [-0.4, -0.2) is 27.8 Å². The van der Waals surface area contributed by atoms with Gasteiger partial charge >= 0.3 is 0 Å². The fraction of sp³-hybridized carbons (Fsp3) is 0.154. The van der Waals surface area contributed by atoms with Gasteiger partial charge in [0.05, 0.1) is 22.6 Å². The van der Waals surface area contributed by atoms with Crippen LogP contribution in [0.15, 0.2) is 30.9 Å². The van der Waals surface area contributed by atoms with Crippen molar-refractivity contribution < 1.29 is 14.0 Å². The number of Topliss-reactive ketones (excluding diaryl/α,β-unsaturated/α-hetero) is 1. The molecule has 3 rings (SSSR count). The van der Waals surface area contributed by atoms with E-state index in [4.69, 9.17) is 11.6 Å². The highest BCUT2D eigenvalue weighted by Gasteiger charge is 2.36. The number of hydrogen-bond donors (Lipinski definition) is 0. The lowest BCUT2D eigenvalue weighted by Crippen LogP contribution is -2.32. The van der Waals surface area contributed by atoms with Crippen molar-refractivity contribution in [1.82, 2.24) is 9.55 Å². The molecule has 0 saturated carbocycles. The van der Waals surface area contributed by atoms with Crippen LogP contribution in [0, 0.1) is 5.82 Å². The number of benzene rings is 1. The van der Waals surface area contributed by atoms with Crippen LogP contribution in [0.5, 0.6) is 0 Å². The molecule has 0 aliphatic carbocycles. The van der Waals surface area contributed by atoms with Gasteiger partial charge < -0.3 is 9.47 Å². The summed E-state index contributed by atoms with van der Waals surface area (Å²) in [6.45, 7) is 0.720. The summed E-state index contributed by atoms with van der Waals surface area (Å²) in [7, 11) is 0. The lowest BCUT2D eigenvalue weighted by atomic mass is 10.1. The van der Waals surface area contributed by atoms with Gasteiger partial charge in [-0.1, -0.05) is 11.6 Å². The monoisotopic (exact) mass is 293 g/mol. The van der Waals surface area contributed by atoms with Crippen LogP contribution in [-0.2, 0) is 11.3 Å².